The lowest BCUT2D eigenvalue weighted by atomic mass is 9.84. The third kappa shape index (κ3) is 9.95. The molecule has 3 aliphatic heterocycles. The molecule has 0 radical (unpaired) electrons. The average Bonchev–Trinajstić information content (AvgIpc) is 4.08. The normalized spacial score (nSPS) is 20.3. The number of phenolic OH excluding ortho intramolecular Hbond substituents is 1. The minimum absolute atomic E-state index is 0.000795. The zero-order valence-corrected chi connectivity index (χ0v) is 38.5. The predicted octanol–water partition coefficient (Wildman–Crippen LogP) is 4.61. The maximum Gasteiger partial charge on any atom is 0.324 e. The van der Waals surface area contributed by atoms with Gasteiger partial charge in [0.05, 0.1) is 18.3 Å². The van der Waals surface area contributed by atoms with Gasteiger partial charge in [0.2, 0.25) is 17.7 Å². The van der Waals surface area contributed by atoms with Crippen molar-refractivity contribution < 1.29 is 33.8 Å². The van der Waals surface area contributed by atoms with E-state index in [9.17, 15) is 29.1 Å². The van der Waals surface area contributed by atoms with Crippen LogP contribution in [-0.4, -0.2) is 124 Å². The van der Waals surface area contributed by atoms with Gasteiger partial charge >= 0.3 is 5.97 Å². The number of ether oxygens (including phenoxy) is 1. The smallest absolute Gasteiger partial charge is 0.324 e. The molecule has 7 rings (SSSR count). The Hall–Kier alpha value is -5.80. The second-order valence-electron chi connectivity index (χ2n) is 18.8. The Labute approximate surface area is 375 Å². The molecule has 64 heavy (non-hydrogen) atoms. The highest BCUT2D eigenvalue weighted by Gasteiger charge is 2.38. The standard InChI is InChI=1S/C49H64N8O7/c1-9-31-15-17-50-26-37(31)44-36-25-49(5,6)28-64-48(63)38-12-11-18-57(53-38)47(62)39(22-30-20-33(23-34(58)21-30)32-13-14-41(35(36)24-32)56(44)10-2)52-45(60)43(29(3)4)55(8)42(59)16-19-54(7)46(61)40-27-51-40/h13-15,17,20-21,23-24,26,29,38-40,43,51,53,58H,9-12,16,18-19,22,25,27-28H2,1-8H3,(H,52,60)/t38-,39-,40+,43-/m0/s1. The summed E-state index contributed by atoms with van der Waals surface area (Å²) in [5.74, 6) is -2.20. The molecule has 0 unspecified atom stereocenters. The second kappa shape index (κ2) is 19.1. The number of cyclic esters (lactones) is 1. The Morgan fingerprint density at radius 3 is 2.53 bits per heavy atom. The van der Waals surface area contributed by atoms with Crippen LogP contribution in [0.1, 0.15) is 77.5 Å². The molecule has 2 fully saturated rings. The van der Waals surface area contributed by atoms with Crippen LogP contribution in [-0.2, 0) is 54.5 Å². The Kier molecular flexibility index (Phi) is 13.8. The third-order valence-corrected chi connectivity index (χ3v) is 12.8. The Morgan fingerprint density at radius 2 is 1.83 bits per heavy atom. The van der Waals surface area contributed by atoms with Crippen molar-refractivity contribution in [2.24, 2.45) is 11.3 Å². The first-order valence-electron chi connectivity index (χ1n) is 22.7. The first-order valence-corrected chi connectivity index (χ1v) is 22.7. The van der Waals surface area contributed by atoms with Gasteiger partial charge in [-0.15, -0.1) is 0 Å². The summed E-state index contributed by atoms with van der Waals surface area (Å²) >= 11 is 0. The van der Waals surface area contributed by atoms with Crippen molar-refractivity contribution in [3.63, 3.8) is 0 Å². The van der Waals surface area contributed by atoms with E-state index in [0.717, 1.165) is 45.3 Å². The molecule has 0 saturated carbocycles. The fraction of sp³-hybridized carbons (Fsp3) is 0.510. The molecular formula is C49H64N8O7. The summed E-state index contributed by atoms with van der Waals surface area (Å²) in [7, 11) is 3.22. The first kappa shape index (κ1) is 46.2. The second-order valence-corrected chi connectivity index (χ2v) is 18.8. The van der Waals surface area contributed by atoms with Crippen molar-refractivity contribution >= 4 is 40.5 Å². The lowest BCUT2D eigenvalue weighted by molar-refractivity contribution is -0.155. The quantitative estimate of drug-likeness (QED) is 0.122. The highest BCUT2D eigenvalue weighted by atomic mass is 16.5. The molecule has 15 nitrogen and oxygen atoms in total. The van der Waals surface area contributed by atoms with Gasteiger partial charge < -0.3 is 34.8 Å². The van der Waals surface area contributed by atoms with E-state index in [1.165, 1.54) is 20.4 Å². The molecule has 3 aliphatic rings. The summed E-state index contributed by atoms with van der Waals surface area (Å²) < 4.78 is 8.41. The molecule has 2 aromatic heterocycles. The number of carbonyl (C=O) groups is 5. The highest BCUT2D eigenvalue weighted by molar-refractivity contribution is 5.96. The van der Waals surface area contributed by atoms with E-state index >= 15 is 0 Å². The highest BCUT2D eigenvalue weighted by Crippen LogP contribution is 2.41. The number of hydrazine groups is 1. The van der Waals surface area contributed by atoms with Crippen LogP contribution in [0.4, 0.5) is 0 Å². The first-order chi connectivity index (χ1) is 30.5. The molecule has 2 aromatic carbocycles. The Bertz CT molecular complexity index is 2420. The summed E-state index contributed by atoms with van der Waals surface area (Å²) in [6.07, 6.45) is 6.16. The maximum absolute atomic E-state index is 14.6. The van der Waals surface area contributed by atoms with Crippen LogP contribution in [0.25, 0.3) is 33.3 Å². The number of hydrogen-bond acceptors (Lipinski definition) is 10. The van der Waals surface area contributed by atoms with E-state index in [-0.39, 0.29) is 62.1 Å². The van der Waals surface area contributed by atoms with Crippen LogP contribution in [0, 0.1) is 11.3 Å². The molecule has 4 amide bonds. The van der Waals surface area contributed by atoms with Crippen LogP contribution in [0.3, 0.4) is 0 Å². The van der Waals surface area contributed by atoms with Gasteiger partial charge in [-0.1, -0.05) is 46.8 Å². The van der Waals surface area contributed by atoms with Crippen molar-refractivity contribution in [3.8, 4) is 28.1 Å². The number of phenols is 1. The van der Waals surface area contributed by atoms with Gasteiger partial charge in [-0.25, -0.2) is 5.43 Å². The number of aromatic nitrogens is 2. The summed E-state index contributed by atoms with van der Waals surface area (Å²) in [6, 6.07) is 10.5. The number of amides is 4. The molecule has 0 spiro atoms. The number of aryl methyl sites for hydroxylation is 2. The number of pyridine rings is 1. The minimum atomic E-state index is -1.15. The molecule has 4 atom stereocenters. The van der Waals surface area contributed by atoms with Crippen molar-refractivity contribution in [1.82, 2.24) is 40.4 Å². The fourth-order valence-corrected chi connectivity index (χ4v) is 9.35. The zero-order valence-electron chi connectivity index (χ0n) is 38.5. The van der Waals surface area contributed by atoms with Gasteiger partial charge in [-0.3, -0.25) is 34.0 Å². The third-order valence-electron chi connectivity index (χ3n) is 12.8. The Morgan fingerprint density at radius 1 is 1.06 bits per heavy atom. The fourth-order valence-electron chi connectivity index (χ4n) is 9.35. The number of esters is 1. The summed E-state index contributed by atoms with van der Waals surface area (Å²) in [5, 5.41) is 19.7. The molecule has 4 N–H and O–H groups in total. The molecule has 342 valence electrons. The summed E-state index contributed by atoms with van der Waals surface area (Å²) in [6.45, 7) is 14.0. The summed E-state index contributed by atoms with van der Waals surface area (Å²) in [5.41, 5.74) is 10.3. The summed E-state index contributed by atoms with van der Waals surface area (Å²) in [4.78, 5) is 76.4. The molecule has 2 saturated heterocycles. The van der Waals surface area contributed by atoms with Crippen molar-refractivity contribution in [3.05, 3.63) is 71.5 Å². The maximum atomic E-state index is 14.6. The number of aromatic hydroxyl groups is 1. The number of nitrogens with one attached hydrogen (secondary N) is 3. The molecule has 0 aliphatic carbocycles. The molecular weight excluding hydrogens is 813 g/mol. The zero-order chi connectivity index (χ0) is 46.0. The van der Waals surface area contributed by atoms with Crippen LogP contribution in [0.15, 0.2) is 54.9 Å². The number of fused-ring (bicyclic) bond motifs is 6. The van der Waals surface area contributed by atoms with Crippen LogP contribution in [0.5, 0.6) is 5.75 Å². The molecule has 4 aromatic rings. The van der Waals surface area contributed by atoms with E-state index in [1.54, 1.807) is 26.2 Å². The van der Waals surface area contributed by atoms with Gasteiger partial charge in [0.25, 0.3) is 5.91 Å². The average molecular weight is 877 g/mol. The van der Waals surface area contributed by atoms with E-state index < -0.39 is 41.3 Å². The topological polar surface area (TPSA) is 188 Å². The lowest BCUT2D eigenvalue weighted by Gasteiger charge is -2.37. The van der Waals surface area contributed by atoms with Crippen molar-refractivity contribution in [2.75, 3.05) is 40.3 Å². The van der Waals surface area contributed by atoms with Crippen molar-refractivity contribution in [1.29, 1.82) is 0 Å². The van der Waals surface area contributed by atoms with Crippen LogP contribution >= 0.6 is 0 Å². The minimum Gasteiger partial charge on any atom is -0.508 e. The SMILES string of the molecule is CCc1ccncc1-c1c2c3cc(ccc3n1CC)-c1cc(O)cc(c1)C[C@H](NC(=O)[C@H](C(C)C)N(C)C(=O)CCN(C)C(=O)[C@H]1CN1)C(=O)N1CCC[C@H](N1)C(=O)OCC(C)(C)C2. The van der Waals surface area contributed by atoms with E-state index in [4.69, 9.17) is 4.74 Å². The molecule has 5 heterocycles. The van der Waals surface area contributed by atoms with E-state index in [1.807, 2.05) is 38.4 Å². The molecule has 15 heteroatoms. The van der Waals surface area contributed by atoms with Crippen LogP contribution in [0.2, 0.25) is 0 Å². The van der Waals surface area contributed by atoms with Gasteiger partial charge in [-0.2, -0.15) is 0 Å². The van der Waals surface area contributed by atoms with Crippen LogP contribution < -0.4 is 16.1 Å². The molecule has 6 bridgehead atoms. The number of rotatable bonds is 11. The largest absolute Gasteiger partial charge is 0.508 e. The van der Waals surface area contributed by atoms with Crippen molar-refractivity contribution in [2.45, 2.75) is 111 Å². The number of hydrogen-bond donors (Lipinski definition) is 4. The van der Waals surface area contributed by atoms with Gasteiger partial charge in [0.15, 0.2) is 0 Å². The van der Waals surface area contributed by atoms with E-state index in [0.29, 0.717) is 37.9 Å². The van der Waals surface area contributed by atoms with Gasteiger partial charge in [-0.05, 0) is 96.7 Å². The number of nitrogens with zero attached hydrogens (tertiary/aromatic N) is 5. The monoisotopic (exact) mass is 876 g/mol. The predicted molar refractivity (Wildman–Crippen MR) is 245 cm³/mol. The van der Waals surface area contributed by atoms with Gasteiger partial charge in [0.1, 0.15) is 23.9 Å². The number of carbonyl (C=O) groups excluding carboxylic acids is 5. The van der Waals surface area contributed by atoms with Gasteiger partial charge in [0, 0.05) is 87.4 Å². The lowest BCUT2D eigenvalue weighted by Crippen LogP contribution is -2.62. The number of benzene rings is 2. The number of likely N-dealkylation sites (N-methyl/N-ethyl adjacent to an activating group) is 2. The van der Waals surface area contributed by atoms with E-state index in [2.05, 4.69) is 71.5 Å². The Balaban J connectivity index is 1.28.